The summed E-state index contributed by atoms with van der Waals surface area (Å²) in [6, 6.07) is 20.7. The number of nitrogens with one attached hydrogen (secondary N) is 2. The number of hydrogen-bond acceptors (Lipinski definition) is 11. The van der Waals surface area contributed by atoms with Gasteiger partial charge in [-0.3, -0.25) is 0 Å². The molecule has 3 aromatic rings. The van der Waals surface area contributed by atoms with Crippen molar-refractivity contribution in [1.82, 2.24) is 14.3 Å². The Kier molecular flexibility index (Phi) is 12.3. The fourth-order valence-corrected chi connectivity index (χ4v) is 9.56. The number of amides is 1. The molecule has 2 saturated heterocycles. The van der Waals surface area contributed by atoms with Gasteiger partial charge in [-0.25, -0.2) is 26.4 Å². The zero-order valence-corrected chi connectivity index (χ0v) is 31.4. The van der Waals surface area contributed by atoms with E-state index in [2.05, 4.69) is 10.0 Å². The third-order valence-corrected chi connectivity index (χ3v) is 12.9. The second-order valence-corrected chi connectivity index (χ2v) is 18.0. The standard InChI is InChI=1S/C37H47N3O11S2/c1-37(2,17-9-18-38-52(43,44)27-12-7-4-8-13-27)24-40(53(45,46)28-14-15-32-33(21-28)50-25-49-32)22-31(41)30(20-26-10-5-3-6-11-26)39-36(42)51-34-23-48-35-29(34)16-19-47-35/h3-8,10-15,21,29-31,34-35,38,41H,9,16-20,22-25H2,1-2H3,(H,39,42)/t29-,30-,31+,34-,35+/m0/s1. The van der Waals surface area contributed by atoms with E-state index < -0.39 is 56.1 Å². The maximum absolute atomic E-state index is 14.4. The Morgan fingerprint density at radius 2 is 1.68 bits per heavy atom. The van der Waals surface area contributed by atoms with Gasteiger partial charge in [-0.2, -0.15) is 4.31 Å². The van der Waals surface area contributed by atoms with Gasteiger partial charge in [0.05, 0.1) is 41.1 Å². The summed E-state index contributed by atoms with van der Waals surface area (Å²) in [6.45, 7) is 4.18. The third-order valence-electron chi connectivity index (χ3n) is 9.66. The Morgan fingerprint density at radius 1 is 0.962 bits per heavy atom. The molecule has 14 nitrogen and oxygen atoms in total. The van der Waals surface area contributed by atoms with Crippen LogP contribution < -0.4 is 19.5 Å². The smallest absolute Gasteiger partial charge is 0.407 e. The summed E-state index contributed by atoms with van der Waals surface area (Å²) in [5, 5.41) is 14.6. The summed E-state index contributed by atoms with van der Waals surface area (Å²) >= 11 is 0. The number of aliphatic hydroxyl groups excluding tert-OH is 1. The number of carbonyl (C=O) groups is 1. The van der Waals surface area contributed by atoms with Gasteiger partial charge in [0.25, 0.3) is 0 Å². The molecule has 3 N–H and O–H groups in total. The number of nitrogens with zero attached hydrogens (tertiary/aromatic N) is 1. The Balaban J connectivity index is 1.19. The monoisotopic (exact) mass is 773 g/mol. The molecule has 5 atom stereocenters. The van der Waals surface area contributed by atoms with Gasteiger partial charge in [0.15, 0.2) is 17.8 Å². The van der Waals surface area contributed by atoms with E-state index in [0.717, 1.165) is 5.56 Å². The SMILES string of the molecule is CC(C)(CCCNS(=O)(=O)c1ccccc1)CN(C[C@@H](O)[C@H](Cc1ccccc1)NC(=O)O[C@H]1CO[C@H]2OCC[C@H]21)S(=O)(=O)c1ccc2c(c1)OCO2. The molecular weight excluding hydrogens is 727 g/mol. The average Bonchev–Trinajstić information content (AvgIpc) is 3.89. The van der Waals surface area contributed by atoms with Crippen LogP contribution in [-0.4, -0.2) is 96.5 Å². The highest BCUT2D eigenvalue weighted by Crippen LogP contribution is 2.36. The number of aliphatic hydroxyl groups is 1. The molecule has 288 valence electrons. The predicted molar refractivity (Wildman–Crippen MR) is 193 cm³/mol. The number of fused-ring (bicyclic) bond motifs is 2. The van der Waals surface area contributed by atoms with Gasteiger partial charge in [0.2, 0.25) is 26.8 Å². The van der Waals surface area contributed by atoms with Gasteiger partial charge in [-0.15, -0.1) is 0 Å². The van der Waals surface area contributed by atoms with Crippen molar-refractivity contribution >= 4 is 26.1 Å². The van der Waals surface area contributed by atoms with Crippen molar-refractivity contribution in [3.05, 3.63) is 84.4 Å². The second-order valence-electron chi connectivity index (χ2n) is 14.3. The lowest BCUT2D eigenvalue weighted by Gasteiger charge is -2.35. The maximum atomic E-state index is 14.4. The molecule has 3 heterocycles. The van der Waals surface area contributed by atoms with Gasteiger partial charge >= 0.3 is 6.09 Å². The number of alkyl carbamates (subject to hydrolysis) is 1. The summed E-state index contributed by atoms with van der Waals surface area (Å²) in [5.74, 6) is 0.618. The first-order chi connectivity index (χ1) is 25.3. The summed E-state index contributed by atoms with van der Waals surface area (Å²) in [7, 11) is -7.96. The van der Waals surface area contributed by atoms with Crippen LogP contribution in [-0.2, 0) is 40.7 Å². The highest BCUT2D eigenvalue weighted by molar-refractivity contribution is 7.89. The van der Waals surface area contributed by atoms with Crippen LogP contribution in [0.4, 0.5) is 4.79 Å². The van der Waals surface area contributed by atoms with Crippen LogP contribution in [0.3, 0.4) is 0 Å². The molecule has 3 aliphatic rings. The van der Waals surface area contributed by atoms with E-state index in [1.165, 1.54) is 34.6 Å². The fraction of sp³-hybridized carbons (Fsp3) is 0.486. The van der Waals surface area contributed by atoms with Gasteiger partial charge in [0.1, 0.15) is 6.10 Å². The predicted octanol–water partition coefficient (Wildman–Crippen LogP) is 3.65. The van der Waals surface area contributed by atoms with E-state index in [1.807, 2.05) is 44.2 Å². The van der Waals surface area contributed by atoms with E-state index in [4.69, 9.17) is 23.7 Å². The molecule has 0 spiro atoms. The summed E-state index contributed by atoms with van der Waals surface area (Å²) in [5.41, 5.74) is 0.138. The topological polar surface area (TPSA) is 179 Å². The third kappa shape index (κ3) is 9.86. The summed E-state index contributed by atoms with van der Waals surface area (Å²) < 4.78 is 85.9. The number of carbonyl (C=O) groups excluding carboxylic acids is 1. The molecule has 0 bridgehead atoms. The van der Waals surface area contributed by atoms with Crippen LogP contribution in [0.15, 0.2) is 88.7 Å². The van der Waals surface area contributed by atoms with Gasteiger partial charge in [-0.05, 0) is 60.9 Å². The second kappa shape index (κ2) is 16.7. The molecule has 53 heavy (non-hydrogen) atoms. The molecule has 6 rings (SSSR count). The molecule has 0 aromatic heterocycles. The van der Waals surface area contributed by atoms with Gasteiger partial charge in [-0.1, -0.05) is 62.4 Å². The van der Waals surface area contributed by atoms with Crippen LogP contribution in [0.1, 0.15) is 38.7 Å². The van der Waals surface area contributed by atoms with Gasteiger partial charge in [0, 0.05) is 25.7 Å². The van der Waals surface area contributed by atoms with Crippen molar-refractivity contribution in [1.29, 1.82) is 0 Å². The van der Waals surface area contributed by atoms with Crippen LogP contribution in [0.25, 0.3) is 0 Å². The Bertz CT molecular complexity index is 1910. The van der Waals surface area contributed by atoms with E-state index in [9.17, 15) is 26.7 Å². The lowest BCUT2D eigenvalue weighted by atomic mass is 9.87. The van der Waals surface area contributed by atoms with Gasteiger partial charge < -0.3 is 34.1 Å². The number of sulfonamides is 2. The molecule has 0 aliphatic carbocycles. The lowest BCUT2D eigenvalue weighted by Crippen LogP contribution is -2.52. The first kappa shape index (κ1) is 38.9. The normalized spacial score (nSPS) is 20.9. The molecule has 0 saturated carbocycles. The first-order valence-corrected chi connectivity index (χ1v) is 20.6. The zero-order valence-electron chi connectivity index (χ0n) is 29.8. The minimum absolute atomic E-state index is 0.0305. The quantitative estimate of drug-likeness (QED) is 0.171. The Labute approximate surface area is 310 Å². The highest BCUT2D eigenvalue weighted by atomic mass is 32.2. The van der Waals surface area contributed by atoms with Crippen LogP contribution >= 0.6 is 0 Å². The molecular formula is C37H47N3O11S2. The summed E-state index contributed by atoms with van der Waals surface area (Å²) in [4.78, 5) is 13.4. The van der Waals surface area contributed by atoms with Crippen LogP contribution in [0.5, 0.6) is 11.5 Å². The largest absolute Gasteiger partial charge is 0.454 e. The van der Waals surface area contributed by atoms with Crippen molar-refractivity contribution < 1.29 is 50.4 Å². The molecule has 0 radical (unpaired) electrons. The maximum Gasteiger partial charge on any atom is 0.407 e. The zero-order chi connectivity index (χ0) is 37.6. The van der Waals surface area contributed by atoms with E-state index in [0.29, 0.717) is 31.6 Å². The Hall–Kier alpha value is -3.77. The van der Waals surface area contributed by atoms with Crippen molar-refractivity contribution in [3.8, 4) is 11.5 Å². The van der Waals surface area contributed by atoms with Crippen molar-refractivity contribution in [3.63, 3.8) is 0 Å². The van der Waals surface area contributed by atoms with Crippen molar-refractivity contribution in [2.45, 2.75) is 73.9 Å². The number of ether oxygens (including phenoxy) is 5. The first-order valence-electron chi connectivity index (χ1n) is 17.7. The molecule has 1 amide bonds. The Morgan fingerprint density at radius 3 is 2.43 bits per heavy atom. The molecule has 3 aromatic carbocycles. The number of hydrogen-bond donors (Lipinski definition) is 3. The minimum atomic E-state index is -4.25. The lowest BCUT2D eigenvalue weighted by molar-refractivity contribution is -0.0907. The van der Waals surface area contributed by atoms with Crippen LogP contribution in [0, 0.1) is 11.3 Å². The molecule has 3 aliphatic heterocycles. The van der Waals surface area contributed by atoms with E-state index in [-0.39, 0.29) is 60.9 Å². The van der Waals surface area contributed by atoms with Crippen molar-refractivity contribution in [2.24, 2.45) is 11.3 Å². The summed E-state index contributed by atoms with van der Waals surface area (Å²) in [6.07, 6.45) is -1.31. The van der Waals surface area contributed by atoms with Crippen LogP contribution in [0.2, 0.25) is 0 Å². The highest BCUT2D eigenvalue weighted by Gasteiger charge is 2.44. The van der Waals surface area contributed by atoms with Crippen molar-refractivity contribution in [2.75, 3.05) is 39.6 Å². The average molecular weight is 774 g/mol. The fourth-order valence-electron chi connectivity index (χ4n) is 6.80. The van der Waals surface area contributed by atoms with E-state index in [1.54, 1.807) is 18.2 Å². The molecule has 16 heteroatoms. The van der Waals surface area contributed by atoms with E-state index >= 15 is 0 Å². The molecule has 0 unspecified atom stereocenters. The minimum Gasteiger partial charge on any atom is -0.454 e. The number of rotatable bonds is 17. The molecule has 2 fully saturated rings. The number of benzene rings is 3.